The number of carbonyl (C=O) groups is 1. The molecule has 0 aromatic carbocycles. The molecule has 1 saturated heterocycles. The number of nitrogens with one attached hydrogen (secondary N) is 1. The predicted molar refractivity (Wildman–Crippen MR) is 59.5 cm³/mol. The highest BCUT2D eigenvalue weighted by atomic mass is 35.5. The molecule has 0 bridgehead atoms. The van der Waals surface area contributed by atoms with Crippen molar-refractivity contribution in [1.29, 1.82) is 0 Å². The van der Waals surface area contributed by atoms with Gasteiger partial charge in [-0.15, -0.1) is 11.6 Å². The molecular formula is C8H15ClN2O4S. The van der Waals surface area contributed by atoms with Crippen molar-refractivity contribution in [3.05, 3.63) is 0 Å². The van der Waals surface area contributed by atoms with Crippen LogP contribution in [-0.2, 0) is 14.9 Å². The van der Waals surface area contributed by atoms with Crippen LogP contribution in [0.4, 0.5) is 4.79 Å². The Labute approximate surface area is 100 Å². The number of alkyl halides is 1. The summed E-state index contributed by atoms with van der Waals surface area (Å²) in [6.07, 6.45) is 0.229. The minimum Gasteiger partial charge on any atom is -0.449 e. The van der Waals surface area contributed by atoms with Crippen LogP contribution in [0.15, 0.2) is 0 Å². The third-order valence-electron chi connectivity index (χ3n) is 2.21. The Morgan fingerprint density at radius 1 is 1.50 bits per heavy atom. The second-order valence-corrected chi connectivity index (χ2v) is 5.69. The number of amides is 1. The van der Waals surface area contributed by atoms with Crippen LogP contribution in [0.25, 0.3) is 0 Å². The van der Waals surface area contributed by atoms with Crippen LogP contribution in [-0.4, -0.2) is 43.9 Å². The van der Waals surface area contributed by atoms with Crippen LogP contribution in [0.1, 0.15) is 19.8 Å². The summed E-state index contributed by atoms with van der Waals surface area (Å²) < 4.78 is 30.8. The van der Waals surface area contributed by atoms with Crippen molar-refractivity contribution in [3.63, 3.8) is 0 Å². The summed E-state index contributed by atoms with van der Waals surface area (Å²) in [5, 5.41) is 0.00837. The van der Waals surface area contributed by atoms with Crippen LogP contribution in [0, 0.1) is 0 Å². The lowest BCUT2D eigenvalue weighted by molar-refractivity contribution is 0.158. The lowest BCUT2D eigenvalue weighted by Gasteiger charge is -2.27. The molecule has 1 rings (SSSR count). The topological polar surface area (TPSA) is 75.7 Å². The zero-order valence-electron chi connectivity index (χ0n) is 8.98. The monoisotopic (exact) mass is 270 g/mol. The molecule has 0 atom stereocenters. The van der Waals surface area contributed by atoms with Gasteiger partial charge in [-0.3, -0.25) is 0 Å². The third-order valence-corrected chi connectivity index (χ3v) is 4.12. The van der Waals surface area contributed by atoms with Crippen LogP contribution in [0.5, 0.6) is 0 Å². The SMILES string of the molecule is CCOC(=O)NS(=O)(=O)N1CCC(Cl)CC1. The summed E-state index contributed by atoms with van der Waals surface area (Å²) in [7, 11) is -3.78. The molecule has 94 valence electrons. The Morgan fingerprint density at radius 2 is 2.06 bits per heavy atom. The number of rotatable bonds is 3. The highest BCUT2D eigenvalue weighted by Crippen LogP contribution is 2.17. The molecule has 6 nitrogen and oxygen atoms in total. The molecule has 1 amide bonds. The Bertz CT molecular complexity index is 338. The van der Waals surface area contributed by atoms with Gasteiger partial charge in [0.2, 0.25) is 0 Å². The lowest BCUT2D eigenvalue weighted by atomic mass is 10.2. The molecule has 16 heavy (non-hydrogen) atoms. The van der Waals surface area contributed by atoms with Gasteiger partial charge >= 0.3 is 16.3 Å². The van der Waals surface area contributed by atoms with E-state index >= 15 is 0 Å². The largest absolute Gasteiger partial charge is 0.449 e. The number of halogens is 1. The van der Waals surface area contributed by atoms with E-state index in [1.807, 2.05) is 4.72 Å². The normalized spacial score (nSPS) is 19.4. The van der Waals surface area contributed by atoms with Crippen LogP contribution >= 0.6 is 11.6 Å². The Hall–Kier alpha value is -0.530. The summed E-state index contributed by atoms with van der Waals surface area (Å²) in [6, 6.07) is 0. The molecule has 0 aromatic rings. The number of hydrogen-bond donors (Lipinski definition) is 1. The summed E-state index contributed by atoms with van der Waals surface area (Å²) in [5.74, 6) is 0. The van der Waals surface area contributed by atoms with Crippen molar-refractivity contribution in [3.8, 4) is 0 Å². The fraction of sp³-hybridized carbons (Fsp3) is 0.875. The van der Waals surface area contributed by atoms with Gasteiger partial charge in [-0.1, -0.05) is 0 Å². The maximum absolute atomic E-state index is 11.6. The van der Waals surface area contributed by atoms with Crippen molar-refractivity contribution in [2.75, 3.05) is 19.7 Å². The number of ether oxygens (including phenoxy) is 1. The third kappa shape index (κ3) is 3.80. The number of nitrogens with zero attached hydrogens (tertiary/aromatic N) is 1. The van der Waals surface area contributed by atoms with Gasteiger partial charge in [0, 0.05) is 18.5 Å². The van der Waals surface area contributed by atoms with E-state index in [1.165, 1.54) is 4.31 Å². The average Bonchev–Trinajstić information content (AvgIpc) is 2.17. The molecule has 1 fully saturated rings. The average molecular weight is 271 g/mol. The second-order valence-electron chi connectivity index (χ2n) is 3.40. The predicted octanol–water partition coefficient (Wildman–Crippen LogP) is 0.680. The van der Waals surface area contributed by atoms with E-state index in [-0.39, 0.29) is 12.0 Å². The highest BCUT2D eigenvalue weighted by Gasteiger charge is 2.28. The molecule has 1 aliphatic heterocycles. The molecular weight excluding hydrogens is 256 g/mol. The number of carbonyl (C=O) groups excluding carboxylic acids is 1. The summed E-state index contributed by atoms with van der Waals surface area (Å²) in [6.45, 7) is 2.38. The van der Waals surface area contributed by atoms with Crippen molar-refractivity contribution >= 4 is 27.9 Å². The van der Waals surface area contributed by atoms with Crippen molar-refractivity contribution in [2.45, 2.75) is 25.1 Å². The molecule has 0 aromatic heterocycles. The maximum atomic E-state index is 11.6. The first kappa shape index (κ1) is 13.5. The summed E-state index contributed by atoms with van der Waals surface area (Å²) >= 11 is 5.85. The minimum absolute atomic E-state index is 0.00837. The van der Waals surface area contributed by atoms with E-state index in [0.717, 1.165) is 0 Å². The minimum atomic E-state index is -3.78. The molecule has 1 aliphatic rings. The fourth-order valence-electron chi connectivity index (χ4n) is 1.40. The molecule has 0 unspecified atom stereocenters. The first-order chi connectivity index (χ1) is 7.45. The quantitative estimate of drug-likeness (QED) is 0.765. The van der Waals surface area contributed by atoms with Crippen molar-refractivity contribution in [2.24, 2.45) is 0 Å². The first-order valence-corrected chi connectivity index (χ1v) is 6.92. The molecule has 1 N–H and O–H groups in total. The molecule has 8 heteroatoms. The van der Waals surface area contributed by atoms with Crippen molar-refractivity contribution in [1.82, 2.24) is 9.03 Å². The van der Waals surface area contributed by atoms with Crippen LogP contribution in [0.3, 0.4) is 0 Å². The summed E-state index contributed by atoms with van der Waals surface area (Å²) in [4.78, 5) is 11.0. The van der Waals surface area contributed by atoms with Gasteiger partial charge in [0.25, 0.3) is 0 Å². The van der Waals surface area contributed by atoms with E-state index in [4.69, 9.17) is 11.6 Å². The molecule has 0 aliphatic carbocycles. The molecule has 0 radical (unpaired) electrons. The lowest BCUT2D eigenvalue weighted by Crippen LogP contribution is -2.47. The molecule has 0 spiro atoms. The maximum Gasteiger partial charge on any atom is 0.421 e. The van der Waals surface area contributed by atoms with Gasteiger partial charge in [-0.25, -0.2) is 9.52 Å². The fourth-order valence-corrected chi connectivity index (χ4v) is 2.68. The Morgan fingerprint density at radius 3 is 2.56 bits per heavy atom. The van der Waals surface area contributed by atoms with Gasteiger partial charge < -0.3 is 4.74 Å². The zero-order valence-corrected chi connectivity index (χ0v) is 10.6. The van der Waals surface area contributed by atoms with E-state index in [9.17, 15) is 13.2 Å². The van der Waals surface area contributed by atoms with Gasteiger partial charge in [-0.2, -0.15) is 12.7 Å². The molecule has 1 heterocycles. The van der Waals surface area contributed by atoms with E-state index in [2.05, 4.69) is 4.74 Å². The highest BCUT2D eigenvalue weighted by molar-refractivity contribution is 7.87. The second kappa shape index (κ2) is 5.70. The van der Waals surface area contributed by atoms with Gasteiger partial charge in [-0.05, 0) is 19.8 Å². The summed E-state index contributed by atoms with van der Waals surface area (Å²) in [5.41, 5.74) is 0. The molecule has 0 saturated carbocycles. The Kier molecular flexibility index (Phi) is 4.82. The Balaban J connectivity index is 2.54. The smallest absolute Gasteiger partial charge is 0.421 e. The van der Waals surface area contributed by atoms with Crippen molar-refractivity contribution < 1.29 is 17.9 Å². The van der Waals surface area contributed by atoms with Gasteiger partial charge in [0.1, 0.15) is 0 Å². The van der Waals surface area contributed by atoms with E-state index < -0.39 is 16.3 Å². The first-order valence-electron chi connectivity index (χ1n) is 5.04. The van der Waals surface area contributed by atoms with E-state index in [0.29, 0.717) is 25.9 Å². The van der Waals surface area contributed by atoms with Crippen LogP contribution < -0.4 is 4.72 Å². The van der Waals surface area contributed by atoms with Crippen LogP contribution in [0.2, 0.25) is 0 Å². The zero-order chi connectivity index (χ0) is 12.2. The number of hydrogen-bond acceptors (Lipinski definition) is 4. The standard InChI is InChI=1S/C8H15ClN2O4S/c1-2-15-8(12)10-16(13,14)11-5-3-7(9)4-6-11/h7H,2-6H2,1H3,(H,10,12). The van der Waals surface area contributed by atoms with E-state index in [1.54, 1.807) is 6.92 Å². The number of piperidine rings is 1. The van der Waals surface area contributed by atoms with Gasteiger partial charge in [0.05, 0.1) is 6.61 Å². The van der Waals surface area contributed by atoms with Gasteiger partial charge in [0.15, 0.2) is 0 Å².